The number of anilines is 2. The van der Waals surface area contributed by atoms with Gasteiger partial charge in [-0.25, -0.2) is 4.98 Å². The SMILES string of the molecule is CCC(=O)Nc1cncc(-c2cc3c(-c4nc5c(N6CCN(C)CC6)cncc5[nH]4)n[nH]c3cn2)c1. The highest BCUT2D eigenvalue weighted by molar-refractivity contribution is 5.97. The summed E-state index contributed by atoms with van der Waals surface area (Å²) in [5.41, 5.74) is 6.45. The van der Waals surface area contributed by atoms with Gasteiger partial charge >= 0.3 is 0 Å². The lowest BCUT2D eigenvalue weighted by Gasteiger charge is -2.33. The number of likely N-dealkylation sites (N-methyl/N-ethyl adjacent to an activating group) is 1. The van der Waals surface area contributed by atoms with Gasteiger partial charge in [0.25, 0.3) is 0 Å². The van der Waals surface area contributed by atoms with Gasteiger partial charge in [-0.2, -0.15) is 5.10 Å². The molecule has 5 aromatic rings. The van der Waals surface area contributed by atoms with Crippen molar-refractivity contribution < 1.29 is 4.79 Å². The van der Waals surface area contributed by atoms with Crippen LogP contribution < -0.4 is 10.2 Å². The fourth-order valence-electron chi connectivity index (χ4n) is 4.46. The maximum absolute atomic E-state index is 11.8. The van der Waals surface area contributed by atoms with E-state index >= 15 is 0 Å². The number of aromatic nitrogens is 7. The molecule has 1 fully saturated rings. The van der Waals surface area contributed by atoms with Crippen molar-refractivity contribution in [3.05, 3.63) is 43.1 Å². The molecule has 1 aliphatic rings. The standard InChI is InChI=1S/C25H26N10O/c1-3-22(36)29-16-8-15(10-26-11-16)18-9-17-19(13-28-18)32-33-23(17)25-30-20-12-27-14-21(24(20)31-25)35-6-4-34(2)5-7-35/h8-14H,3-7H2,1-2H3,(H,29,36)(H,30,31)(H,32,33). The average Bonchev–Trinajstić information content (AvgIpc) is 3.53. The number of aromatic amines is 2. The van der Waals surface area contributed by atoms with Crippen LogP contribution in [0.25, 0.3) is 44.7 Å². The number of H-pyrrole nitrogens is 2. The predicted molar refractivity (Wildman–Crippen MR) is 139 cm³/mol. The van der Waals surface area contributed by atoms with E-state index in [0.29, 0.717) is 23.6 Å². The summed E-state index contributed by atoms with van der Waals surface area (Å²) in [6, 6.07) is 3.83. The molecule has 1 aliphatic heterocycles. The van der Waals surface area contributed by atoms with E-state index < -0.39 is 0 Å². The van der Waals surface area contributed by atoms with Crippen molar-refractivity contribution in [2.45, 2.75) is 13.3 Å². The highest BCUT2D eigenvalue weighted by Gasteiger charge is 2.20. The monoisotopic (exact) mass is 482 g/mol. The van der Waals surface area contributed by atoms with Crippen LogP contribution in [0.15, 0.2) is 43.1 Å². The van der Waals surface area contributed by atoms with Crippen LogP contribution in [-0.4, -0.2) is 79.2 Å². The van der Waals surface area contributed by atoms with Gasteiger partial charge in [-0.3, -0.25) is 24.8 Å². The molecule has 0 bridgehead atoms. The molecule has 1 saturated heterocycles. The highest BCUT2D eigenvalue weighted by Crippen LogP contribution is 2.32. The topological polar surface area (TPSA) is 132 Å². The lowest BCUT2D eigenvalue weighted by molar-refractivity contribution is -0.115. The Kier molecular flexibility index (Phi) is 5.53. The summed E-state index contributed by atoms with van der Waals surface area (Å²) in [7, 11) is 2.14. The number of fused-ring (bicyclic) bond motifs is 2. The zero-order chi connectivity index (χ0) is 24.6. The maximum Gasteiger partial charge on any atom is 0.224 e. The summed E-state index contributed by atoms with van der Waals surface area (Å²) >= 11 is 0. The largest absolute Gasteiger partial charge is 0.366 e. The summed E-state index contributed by atoms with van der Waals surface area (Å²) in [6.45, 7) is 5.69. The Bertz CT molecular complexity index is 1560. The molecule has 11 nitrogen and oxygen atoms in total. The van der Waals surface area contributed by atoms with Gasteiger partial charge in [0, 0.05) is 49.7 Å². The Morgan fingerprint density at radius 3 is 2.69 bits per heavy atom. The van der Waals surface area contributed by atoms with Gasteiger partial charge in [-0.1, -0.05) is 6.92 Å². The molecule has 0 unspecified atom stereocenters. The molecular weight excluding hydrogens is 456 g/mol. The number of nitrogens with zero attached hydrogens (tertiary/aromatic N) is 7. The smallest absolute Gasteiger partial charge is 0.224 e. The summed E-state index contributed by atoms with van der Waals surface area (Å²) in [6.07, 6.45) is 9.19. The zero-order valence-electron chi connectivity index (χ0n) is 20.1. The van der Waals surface area contributed by atoms with Gasteiger partial charge in [-0.15, -0.1) is 0 Å². The van der Waals surface area contributed by atoms with E-state index in [4.69, 9.17) is 4.98 Å². The van der Waals surface area contributed by atoms with Gasteiger partial charge in [0.05, 0.1) is 52.9 Å². The van der Waals surface area contributed by atoms with Crippen LogP contribution in [0.5, 0.6) is 0 Å². The van der Waals surface area contributed by atoms with E-state index in [9.17, 15) is 4.79 Å². The molecule has 6 heterocycles. The lowest BCUT2D eigenvalue weighted by Crippen LogP contribution is -2.44. The van der Waals surface area contributed by atoms with Crippen molar-refractivity contribution in [1.82, 2.24) is 40.0 Å². The van der Waals surface area contributed by atoms with Crippen molar-refractivity contribution in [3.8, 4) is 22.8 Å². The molecule has 0 atom stereocenters. The van der Waals surface area contributed by atoms with E-state index in [1.54, 1.807) is 24.8 Å². The highest BCUT2D eigenvalue weighted by atomic mass is 16.1. The van der Waals surface area contributed by atoms with Crippen molar-refractivity contribution in [2.75, 3.05) is 43.4 Å². The van der Waals surface area contributed by atoms with Gasteiger partial charge in [-0.05, 0) is 19.2 Å². The Morgan fingerprint density at radius 1 is 1.03 bits per heavy atom. The minimum Gasteiger partial charge on any atom is -0.366 e. The van der Waals surface area contributed by atoms with Crippen LogP contribution in [0, 0.1) is 0 Å². The number of hydrogen-bond donors (Lipinski definition) is 3. The fourth-order valence-corrected chi connectivity index (χ4v) is 4.46. The van der Waals surface area contributed by atoms with Crippen molar-refractivity contribution in [1.29, 1.82) is 0 Å². The minimum atomic E-state index is -0.0650. The quantitative estimate of drug-likeness (QED) is 0.348. The molecule has 0 saturated carbocycles. The Balaban J connectivity index is 1.38. The second kappa shape index (κ2) is 9.00. The first-order valence-electron chi connectivity index (χ1n) is 12.0. The molecule has 0 spiro atoms. The number of imidazole rings is 1. The average molecular weight is 483 g/mol. The van der Waals surface area contributed by atoms with Crippen LogP contribution in [0.3, 0.4) is 0 Å². The normalized spacial score (nSPS) is 14.6. The molecule has 3 N–H and O–H groups in total. The molecular formula is C25H26N10O. The summed E-state index contributed by atoms with van der Waals surface area (Å²) in [5.74, 6) is 0.601. The van der Waals surface area contributed by atoms with Crippen LogP contribution >= 0.6 is 0 Å². The Labute approximate surface area is 207 Å². The lowest BCUT2D eigenvalue weighted by atomic mass is 10.1. The van der Waals surface area contributed by atoms with Crippen LogP contribution in [0.1, 0.15) is 13.3 Å². The number of amides is 1. The first-order chi connectivity index (χ1) is 17.6. The summed E-state index contributed by atoms with van der Waals surface area (Å²) in [5, 5.41) is 11.3. The number of carbonyl (C=O) groups excluding carboxylic acids is 1. The molecule has 0 aliphatic carbocycles. The number of nitrogens with one attached hydrogen (secondary N) is 3. The summed E-state index contributed by atoms with van der Waals surface area (Å²) in [4.78, 5) is 38.1. The summed E-state index contributed by atoms with van der Waals surface area (Å²) < 4.78 is 0. The number of pyridine rings is 3. The van der Waals surface area contributed by atoms with Crippen molar-refractivity contribution >= 4 is 39.2 Å². The molecule has 1 amide bonds. The molecule has 5 aromatic heterocycles. The Hall–Kier alpha value is -4.38. The number of carbonyl (C=O) groups is 1. The zero-order valence-corrected chi connectivity index (χ0v) is 20.1. The van der Waals surface area contributed by atoms with Crippen molar-refractivity contribution in [3.63, 3.8) is 0 Å². The molecule has 6 rings (SSSR count). The van der Waals surface area contributed by atoms with Crippen LogP contribution in [-0.2, 0) is 4.79 Å². The van der Waals surface area contributed by atoms with E-state index in [1.165, 1.54) is 0 Å². The Morgan fingerprint density at radius 2 is 1.86 bits per heavy atom. The van der Waals surface area contributed by atoms with E-state index in [0.717, 1.165) is 65.1 Å². The third-order valence-electron chi connectivity index (χ3n) is 6.53. The third kappa shape index (κ3) is 4.03. The minimum absolute atomic E-state index is 0.0650. The van der Waals surface area contributed by atoms with Crippen LogP contribution in [0.4, 0.5) is 11.4 Å². The predicted octanol–water partition coefficient (Wildman–Crippen LogP) is 3.06. The maximum atomic E-state index is 11.8. The third-order valence-corrected chi connectivity index (χ3v) is 6.53. The molecule has 36 heavy (non-hydrogen) atoms. The van der Waals surface area contributed by atoms with E-state index in [1.807, 2.05) is 25.3 Å². The number of piperazine rings is 1. The van der Waals surface area contributed by atoms with E-state index in [-0.39, 0.29) is 5.91 Å². The molecule has 11 heteroatoms. The van der Waals surface area contributed by atoms with Gasteiger partial charge < -0.3 is 20.1 Å². The van der Waals surface area contributed by atoms with Gasteiger partial charge in [0.1, 0.15) is 11.2 Å². The first kappa shape index (κ1) is 22.1. The number of hydrogen-bond acceptors (Lipinski definition) is 8. The molecule has 0 radical (unpaired) electrons. The van der Waals surface area contributed by atoms with E-state index in [2.05, 4.69) is 52.3 Å². The van der Waals surface area contributed by atoms with Crippen LogP contribution in [0.2, 0.25) is 0 Å². The van der Waals surface area contributed by atoms with Gasteiger partial charge in [0.2, 0.25) is 5.91 Å². The number of rotatable bonds is 5. The molecule has 0 aromatic carbocycles. The van der Waals surface area contributed by atoms with Gasteiger partial charge in [0.15, 0.2) is 5.82 Å². The second-order valence-electron chi connectivity index (χ2n) is 8.98. The fraction of sp³-hybridized carbons (Fsp3) is 0.280. The molecule has 182 valence electrons. The second-order valence-corrected chi connectivity index (χ2v) is 8.98. The first-order valence-corrected chi connectivity index (χ1v) is 12.0. The van der Waals surface area contributed by atoms with Crippen molar-refractivity contribution in [2.24, 2.45) is 0 Å².